The van der Waals surface area contributed by atoms with E-state index < -0.39 is 0 Å². The molecule has 13 heavy (non-hydrogen) atoms. The Morgan fingerprint density at radius 2 is 1.54 bits per heavy atom. The summed E-state index contributed by atoms with van der Waals surface area (Å²) >= 11 is 0. The molecule has 0 spiro atoms. The van der Waals surface area contributed by atoms with E-state index in [2.05, 4.69) is 41.5 Å². The van der Waals surface area contributed by atoms with Crippen LogP contribution in [0.1, 0.15) is 67.2 Å². The summed E-state index contributed by atoms with van der Waals surface area (Å²) in [6.07, 6.45) is 5.43. The molecule has 0 aliphatic heterocycles. The Bertz CT molecular complexity index is 124. The van der Waals surface area contributed by atoms with Crippen LogP contribution in [0.5, 0.6) is 0 Å². The predicted molar refractivity (Wildman–Crippen MR) is 61.9 cm³/mol. The van der Waals surface area contributed by atoms with Crippen molar-refractivity contribution in [2.45, 2.75) is 67.2 Å². The molecule has 0 fully saturated rings. The van der Waals surface area contributed by atoms with Gasteiger partial charge < -0.3 is 0 Å². The fraction of sp³-hybridized carbons (Fsp3) is 1.00. The number of hydrogen-bond acceptors (Lipinski definition) is 0. The van der Waals surface area contributed by atoms with Gasteiger partial charge in [-0.15, -0.1) is 0 Å². The van der Waals surface area contributed by atoms with Crippen LogP contribution in [0, 0.1) is 17.3 Å². The van der Waals surface area contributed by atoms with E-state index in [0.29, 0.717) is 5.41 Å². The molecular weight excluding hydrogens is 156 g/mol. The van der Waals surface area contributed by atoms with Gasteiger partial charge in [0.05, 0.1) is 0 Å². The first-order valence-corrected chi connectivity index (χ1v) is 5.94. The largest absolute Gasteiger partial charge is 0.0651 e. The quantitative estimate of drug-likeness (QED) is 0.551. The lowest BCUT2D eigenvalue weighted by molar-refractivity contribution is 0.189. The van der Waals surface area contributed by atoms with E-state index in [1.54, 1.807) is 0 Å². The summed E-state index contributed by atoms with van der Waals surface area (Å²) in [5, 5.41) is 0. The van der Waals surface area contributed by atoms with Crippen molar-refractivity contribution in [2.24, 2.45) is 17.3 Å². The minimum atomic E-state index is 0.540. The summed E-state index contributed by atoms with van der Waals surface area (Å²) in [6.45, 7) is 14.2. The van der Waals surface area contributed by atoms with Crippen molar-refractivity contribution in [3.05, 3.63) is 0 Å². The standard InChI is InChI=1S/C13H28/c1-7-11(3)9-10-13(5,6)12(4)8-2/h11-12H,7-10H2,1-6H3. The highest BCUT2D eigenvalue weighted by Gasteiger charge is 2.24. The summed E-state index contributed by atoms with van der Waals surface area (Å²) in [6, 6.07) is 0. The molecule has 0 nitrogen and oxygen atoms in total. The second-order valence-corrected chi connectivity index (χ2v) is 5.35. The molecule has 0 bridgehead atoms. The molecule has 0 N–H and O–H groups in total. The molecule has 0 saturated heterocycles. The van der Waals surface area contributed by atoms with Crippen LogP contribution in [0.15, 0.2) is 0 Å². The number of rotatable bonds is 6. The smallest absolute Gasteiger partial charge is 0.0329 e. The summed E-state index contributed by atoms with van der Waals surface area (Å²) in [4.78, 5) is 0. The Labute approximate surface area is 85.1 Å². The van der Waals surface area contributed by atoms with Crippen LogP contribution in [0.4, 0.5) is 0 Å². The summed E-state index contributed by atoms with van der Waals surface area (Å²) in [7, 11) is 0. The van der Waals surface area contributed by atoms with Crippen molar-refractivity contribution in [2.75, 3.05) is 0 Å². The maximum atomic E-state index is 2.42. The maximum absolute atomic E-state index is 2.42. The third-order valence-corrected chi connectivity index (χ3v) is 3.92. The molecule has 0 aromatic carbocycles. The molecule has 0 amide bonds. The molecule has 0 rings (SSSR count). The van der Waals surface area contributed by atoms with Crippen LogP contribution in [0.2, 0.25) is 0 Å². The molecule has 0 radical (unpaired) electrons. The zero-order valence-corrected chi connectivity index (χ0v) is 10.5. The molecule has 80 valence electrons. The van der Waals surface area contributed by atoms with Crippen LogP contribution >= 0.6 is 0 Å². The highest BCUT2D eigenvalue weighted by atomic mass is 14.3. The fourth-order valence-corrected chi connectivity index (χ4v) is 1.62. The van der Waals surface area contributed by atoms with Crippen molar-refractivity contribution in [1.82, 2.24) is 0 Å². The summed E-state index contributed by atoms with van der Waals surface area (Å²) in [5.74, 6) is 1.76. The Morgan fingerprint density at radius 1 is 1.00 bits per heavy atom. The van der Waals surface area contributed by atoms with Crippen LogP contribution in [0.3, 0.4) is 0 Å². The van der Waals surface area contributed by atoms with Gasteiger partial charge in [-0.25, -0.2) is 0 Å². The lowest BCUT2D eigenvalue weighted by Crippen LogP contribution is -2.21. The van der Waals surface area contributed by atoms with E-state index in [9.17, 15) is 0 Å². The van der Waals surface area contributed by atoms with Crippen molar-refractivity contribution < 1.29 is 0 Å². The van der Waals surface area contributed by atoms with Crippen LogP contribution in [-0.2, 0) is 0 Å². The van der Waals surface area contributed by atoms with Crippen molar-refractivity contribution >= 4 is 0 Å². The van der Waals surface area contributed by atoms with Gasteiger partial charge in [-0.1, -0.05) is 60.8 Å². The maximum Gasteiger partial charge on any atom is -0.0329 e. The summed E-state index contributed by atoms with van der Waals surface area (Å²) in [5.41, 5.74) is 0.540. The van der Waals surface area contributed by atoms with E-state index in [-0.39, 0.29) is 0 Å². The highest BCUT2D eigenvalue weighted by molar-refractivity contribution is 4.75. The second kappa shape index (κ2) is 5.67. The second-order valence-electron chi connectivity index (χ2n) is 5.35. The first kappa shape index (κ1) is 13.0. The molecule has 0 aromatic rings. The molecule has 0 aromatic heterocycles. The van der Waals surface area contributed by atoms with Gasteiger partial charge in [0.1, 0.15) is 0 Å². The van der Waals surface area contributed by atoms with E-state index in [1.165, 1.54) is 25.7 Å². The van der Waals surface area contributed by atoms with Gasteiger partial charge in [-0.05, 0) is 23.7 Å². The third-order valence-electron chi connectivity index (χ3n) is 3.92. The average molecular weight is 184 g/mol. The van der Waals surface area contributed by atoms with Gasteiger partial charge in [-0.2, -0.15) is 0 Å². The Morgan fingerprint density at radius 3 is 1.92 bits per heavy atom. The van der Waals surface area contributed by atoms with Gasteiger partial charge >= 0.3 is 0 Å². The Hall–Kier alpha value is 0. The summed E-state index contributed by atoms with van der Waals surface area (Å²) < 4.78 is 0. The van der Waals surface area contributed by atoms with Gasteiger partial charge in [0, 0.05) is 0 Å². The lowest BCUT2D eigenvalue weighted by atomic mass is 9.74. The van der Waals surface area contributed by atoms with Gasteiger partial charge in [-0.3, -0.25) is 0 Å². The first-order valence-electron chi connectivity index (χ1n) is 5.94. The fourth-order valence-electron chi connectivity index (χ4n) is 1.62. The SMILES string of the molecule is CCC(C)CCC(C)(C)C(C)CC. The minimum Gasteiger partial charge on any atom is -0.0651 e. The van der Waals surface area contributed by atoms with Crippen LogP contribution < -0.4 is 0 Å². The van der Waals surface area contributed by atoms with Gasteiger partial charge in [0.25, 0.3) is 0 Å². The van der Waals surface area contributed by atoms with Gasteiger partial charge in [0.2, 0.25) is 0 Å². The van der Waals surface area contributed by atoms with E-state index >= 15 is 0 Å². The molecule has 2 unspecified atom stereocenters. The Kier molecular flexibility index (Phi) is 5.67. The minimum absolute atomic E-state index is 0.540. The first-order chi connectivity index (χ1) is 5.94. The average Bonchev–Trinajstić information content (AvgIpc) is 2.12. The predicted octanol–water partition coefficient (Wildman–Crippen LogP) is 4.89. The van der Waals surface area contributed by atoms with E-state index in [0.717, 1.165) is 11.8 Å². The van der Waals surface area contributed by atoms with E-state index in [4.69, 9.17) is 0 Å². The van der Waals surface area contributed by atoms with Gasteiger partial charge in [0.15, 0.2) is 0 Å². The van der Waals surface area contributed by atoms with E-state index in [1.807, 2.05) is 0 Å². The molecule has 0 aliphatic rings. The van der Waals surface area contributed by atoms with Crippen molar-refractivity contribution in [3.8, 4) is 0 Å². The van der Waals surface area contributed by atoms with Crippen molar-refractivity contribution in [3.63, 3.8) is 0 Å². The topological polar surface area (TPSA) is 0 Å². The van der Waals surface area contributed by atoms with Crippen LogP contribution in [-0.4, -0.2) is 0 Å². The normalized spacial score (nSPS) is 17.1. The van der Waals surface area contributed by atoms with Crippen LogP contribution in [0.25, 0.3) is 0 Å². The lowest BCUT2D eigenvalue weighted by Gasteiger charge is -2.32. The third kappa shape index (κ3) is 4.69. The molecular formula is C13H28. The zero-order valence-electron chi connectivity index (χ0n) is 10.5. The molecule has 0 heteroatoms. The zero-order chi connectivity index (χ0) is 10.5. The molecule has 0 aliphatic carbocycles. The highest BCUT2D eigenvalue weighted by Crippen LogP contribution is 2.35. The molecule has 0 saturated carbocycles. The molecule has 0 heterocycles. The number of hydrogen-bond donors (Lipinski definition) is 0. The molecule has 2 atom stereocenters. The monoisotopic (exact) mass is 184 g/mol. The van der Waals surface area contributed by atoms with Crippen molar-refractivity contribution in [1.29, 1.82) is 0 Å². The Balaban J connectivity index is 3.88.